The summed E-state index contributed by atoms with van der Waals surface area (Å²) in [5.41, 5.74) is 0.0216. The number of carbonyl (C=O) groups excluding carboxylic acids is 3. The summed E-state index contributed by atoms with van der Waals surface area (Å²) in [6.45, 7) is 1.37. The first-order valence-corrected chi connectivity index (χ1v) is 13.0. The largest absolute Gasteiger partial charge is 0.467 e. The van der Waals surface area contributed by atoms with Crippen molar-refractivity contribution in [2.75, 3.05) is 19.8 Å². The molecule has 1 aromatic heterocycles. The third-order valence-corrected chi connectivity index (χ3v) is 7.91. The fourth-order valence-electron chi connectivity index (χ4n) is 4.10. The van der Waals surface area contributed by atoms with Crippen molar-refractivity contribution in [2.24, 2.45) is 0 Å². The third-order valence-electron chi connectivity index (χ3n) is 5.73. The minimum absolute atomic E-state index is 0.00538. The van der Waals surface area contributed by atoms with Crippen molar-refractivity contribution in [2.45, 2.75) is 36.7 Å². The Morgan fingerprint density at radius 3 is 2.61 bits per heavy atom. The van der Waals surface area contributed by atoms with Crippen LogP contribution in [0.3, 0.4) is 0 Å². The van der Waals surface area contributed by atoms with Crippen LogP contribution >= 0.6 is 11.6 Å². The molecule has 192 valence electrons. The molecule has 11 nitrogen and oxygen atoms in total. The molecule has 1 aromatic carbocycles. The molecule has 4 rings (SSSR count). The molecule has 2 atom stereocenters. The van der Waals surface area contributed by atoms with Gasteiger partial charge >= 0.3 is 18.0 Å². The highest BCUT2D eigenvalue weighted by Crippen LogP contribution is 2.30. The van der Waals surface area contributed by atoms with E-state index in [1.54, 1.807) is 19.1 Å². The Morgan fingerprint density at radius 2 is 1.94 bits per heavy atom. The molecule has 0 saturated carbocycles. The Morgan fingerprint density at radius 1 is 1.19 bits per heavy atom. The van der Waals surface area contributed by atoms with Gasteiger partial charge in [0.25, 0.3) is 0 Å². The molecule has 0 radical (unpaired) electrons. The van der Waals surface area contributed by atoms with E-state index >= 15 is 0 Å². The van der Waals surface area contributed by atoms with E-state index in [4.69, 9.17) is 25.5 Å². The second kappa shape index (κ2) is 10.7. The lowest BCUT2D eigenvalue weighted by atomic mass is 10.0. The molecule has 0 bridgehead atoms. The summed E-state index contributed by atoms with van der Waals surface area (Å²) in [6, 6.07) is 6.17. The van der Waals surface area contributed by atoms with E-state index in [9.17, 15) is 22.8 Å². The summed E-state index contributed by atoms with van der Waals surface area (Å²) in [4.78, 5) is 38.0. The number of hydrogen-bond acceptors (Lipinski definition) is 8. The molecular weight excluding hydrogens is 514 g/mol. The predicted molar refractivity (Wildman–Crippen MR) is 126 cm³/mol. The first kappa shape index (κ1) is 25.7. The maximum Gasteiger partial charge on any atom is 0.338 e. The van der Waals surface area contributed by atoms with Crippen LogP contribution in [0.2, 0.25) is 5.02 Å². The molecule has 2 aliphatic heterocycles. The number of halogens is 1. The van der Waals surface area contributed by atoms with Crippen molar-refractivity contribution in [3.8, 4) is 0 Å². The van der Waals surface area contributed by atoms with E-state index < -0.39 is 46.7 Å². The predicted octanol–water partition coefficient (Wildman–Crippen LogP) is 2.50. The second-order valence-corrected chi connectivity index (χ2v) is 10.3. The van der Waals surface area contributed by atoms with Gasteiger partial charge in [0.1, 0.15) is 24.5 Å². The topological polar surface area (TPSA) is 144 Å². The van der Waals surface area contributed by atoms with Crippen molar-refractivity contribution < 1.29 is 36.7 Å². The van der Waals surface area contributed by atoms with Crippen molar-refractivity contribution in [3.63, 3.8) is 0 Å². The Bertz CT molecular complexity index is 1270. The molecule has 0 aliphatic carbocycles. The van der Waals surface area contributed by atoms with Crippen molar-refractivity contribution in [3.05, 3.63) is 64.7 Å². The SMILES string of the molecule is CCOC(=O)C1=C(COC(=O)C2CCCN2S(=O)(=O)c2ccc(Cl)cc2)NC(=O)NC1c1ccco1. The molecule has 2 N–H and O–H groups in total. The first-order chi connectivity index (χ1) is 17.2. The number of nitrogens with zero attached hydrogens (tertiary/aromatic N) is 1. The molecule has 1 fully saturated rings. The van der Waals surface area contributed by atoms with Crippen LogP contribution in [0.25, 0.3) is 0 Å². The van der Waals surface area contributed by atoms with Gasteiger partial charge in [-0.15, -0.1) is 0 Å². The van der Waals surface area contributed by atoms with Gasteiger partial charge in [0, 0.05) is 11.6 Å². The van der Waals surface area contributed by atoms with Crippen LogP contribution in [0.1, 0.15) is 31.6 Å². The molecule has 2 aliphatic rings. The number of benzene rings is 1. The molecule has 0 spiro atoms. The highest BCUT2D eigenvalue weighted by atomic mass is 35.5. The lowest BCUT2D eigenvalue weighted by Crippen LogP contribution is -2.47. The molecule has 2 amide bonds. The minimum atomic E-state index is -3.98. The number of rotatable bonds is 8. The lowest BCUT2D eigenvalue weighted by Gasteiger charge is -2.28. The van der Waals surface area contributed by atoms with E-state index in [1.165, 1.54) is 30.5 Å². The molecule has 2 unspecified atom stereocenters. The van der Waals surface area contributed by atoms with Gasteiger partial charge in [-0.2, -0.15) is 4.31 Å². The van der Waals surface area contributed by atoms with Crippen LogP contribution in [-0.2, 0) is 29.1 Å². The van der Waals surface area contributed by atoms with E-state index in [0.29, 0.717) is 11.4 Å². The van der Waals surface area contributed by atoms with Crippen LogP contribution < -0.4 is 10.6 Å². The first-order valence-electron chi connectivity index (χ1n) is 11.2. The van der Waals surface area contributed by atoms with E-state index in [2.05, 4.69) is 10.6 Å². The average molecular weight is 538 g/mol. The van der Waals surface area contributed by atoms with Crippen LogP contribution in [0.4, 0.5) is 4.79 Å². The number of ether oxygens (including phenoxy) is 2. The van der Waals surface area contributed by atoms with Gasteiger partial charge < -0.3 is 24.5 Å². The Balaban J connectivity index is 1.56. The zero-order chi connectivity index (χ0) is 25.9. The summed E-state index contributed by atoms with van der Waals surface area (Å²) >= 11 is 5.86. The van der Waals surface area contributed by atoms with Crippen LogP contribution in [0.5, 0.6) is 0 Å². The van der Waals surface area contributed by atoms with Gasteiger partial charge in [0.05, 0.1) is 29.0 Å². The summed E-state index contributed by atoms with van der Waals surface area (Å²) in [7, 11) is -3.98. The van der Waals surface area contributed by atoms with Crippen LogP contribution in [0, 0.1) is 0 Å². The standard InChI is InChI=1S/C23H24ClN3O8S/c1-2-33-22(29)19-16(25-23(30)26-20(19)18-6-4-12-34-18)13-35-21(28)17-5-3-11-27(17)36(31,32)15-9-7-14(24)8-10-15/h4,6-10,12,17,20H,2-3,5,11,13H2,1H3,(H2,25,26,30). The Labute approximate surface area is 212 Å². The number of esters is 2. The van der Waals surface area contributed by atoms with Crippen LogP contribution in [0.15, 0.2) is 63.2 Å². The quantitative estimate of drug-likeness (QED) is 0.489. The van der Waals surface area contributed by atoms with Crippen molar-refractivity contribution >= 4 is 39.6 Å². The smallest absolute Gasteiger partial charge is 0.338 e. The molecule has 1 saturated heterocycles. The number of hydrogen-bond donors (Lipinski definition) is 2. The zero-order valence-electron chi connectivity index (χ0n) is 19.2. The summed E-state index contributed by atoms with van der Waals surface area (Å²) in [5.74, 6) is -1.25. The normalized spacial score (nSPS) is 20.6. The lowest BCUT2D eigenvalue weighted by molar-refractivity contribution is -0.147. The van der Waals surface area contributed by atoms with Gasteiger partial charge in [-0.3, -0.25) is 4.79 Å². The van der Waals surface area contributed by atoms with Crippen molar-refractivity contribution in [1.82, 2.24) is 14.9 Å². The number of carbonyl (C=O) groups is 3. The molecule has 3 heterocycles. The molecule has 13 heteroatoms. The number of urea groups is 1. The van der Waals surface area contributed by atoms with Gasteiger partial charge in [0.15, 0.2) is 0 Å². The minimum Gasteiger partial charge on any atom is -0.467 e. The van der Waals surface area contributed by atoms with Gasteiger partial charge in [-0.05, 0) is 56.2 Å². The molecular formula is C23H24ClN3O8S. The monoisotopic (exact) mass is 537 g/mol. The van der Waals surface area contributed by atoms with Crippen LogP contribution in [-0.4, -0.2) is 56.5 Å². The Kier molecular flexibility index (Phi) is 7.67. The number of furan rings is 1. The number of sulfonamides is 1. The number of amides is 2. The van der Waals surface area contributed by atoms with E-state index in [0.717, 1.165) is 4.31 Å². The summed E-state index contributed by atoms with van der Waals surface area (Å²) < 4.78 is 43.3. The Hall–Kier alpha value is -3.35. The highest BCUT2D eigenvalue weighted by Gasteiger charge is 2.41. The fraction of sp³-hybridized carbons (Fsp3) is 0.348. The van der Waals surface area contributed by atoms with E-state index in [-0.39, 0.29) is 41.5 Å². The third kappa shape index (κ3) is 5.25. The van der Waals surface area contributed by atoms with E-state index in [1.807, 2.05) is 0 Å². The summed E-state index contributed by atoms with van der Waals surface area (Å²) in [5, 5.41) is 5.46. The van der Waals surface area contributed by atoms with Gasteiger partial charge in [0.2, 0.25) is 10.0 Å². The zero-order valence-corrected chi connectivity index (χ0v) is 20.8. The maximum atomic E-state index is 13.1. The molecule has 36 heavy (non-hydrogen) atoms. The number of nitrogens with one attached hydrogen (secondary N) is 2. The summed E-state index contributed by atoms with van der Waals surface area (Å²) in [6.07, 6.45) is 2.12. The van der Waals surface area contributed by atoms with Crippen molar-refractivity contribution in [1.29, 1.82) is 0 Å². The van der Waals surface area contributed by atoms with Gasteiger partial charge in [-0.1, -0.05) is 11.6 Å². The molecule has 2 aromatic rings. The fourth-order valence-corrected chi connectivity index (χ4v) is 5.87. The van der Waals surface area contributed by atoms with Gasteiger partial charge in [-0.25, -0.2) is 18.0 Å². The average Bonchev–Trinajstić information content (AvgIpc) is 3.55. The maximum absolute atomic E-state index is 13.1. The second-order valence-electron chi connectivity index (χ2n) is 8.00. The highest BCUT2D eigenvalue weighted by molar-refractivity contribution is 7.89.